The number of ether oxygens (including phenoxy) is 1. The molecule has 2 aromatic carbocycles. The Hall–Kier alpha value is -3.26. The highest BCUT2D eigenvalue weighted by atomic mass is 19.1. The van der Waals surface area contributed by atoms with Crippen molar-refractivity contribution in [1.29, 1.82) is 0 Å². The number of rotatable bonds is 7. The second kappa shape index (κ2) is 8.41. The van der Waals surface area contributed by atoms with Crippen LogP contribution in [0.25, 0.3) is 0 Å². The van der Waals surface area contributed by atoms with Gasteiger partial charge in [-0.3, -0.25) is 4.79 Å². The molecule has 3 aromatic rings. The number of carbonyl (C=O) groups is 1. The molecule has 0 spiro atoms. The fourth-order valence-corrected chi connectivity index (χ4v) is 2.49. The Labute approximate surface area is 155 Å². The summed E-state index contributed by atoms with van der Waals surface area (Å²) in [6, 6.07) is 13.2. The monoisotopic (exact) mass is 370 g/mol. The minimum atomic E-state index is -0.813. The van der Waals surface area contributed by atoms with Crippen LogP contribution in [-0.4, -0.2) is 32.9 Å². The lowest BCUT2D eigenvalue weighted by molar-refractivity contribution is 0.0938. The van der Waals surface area contributed by atoms with Gasteiger partial charge in [0.25, 0.3) is 5.91 Å². The molecular formula is C19H19FN4O3. The van der Waals surface area contributed by atoms with Crippen molar-refractivity contribution in [3.05, 3.63) is 77.6 Å². The molecule has 7 nitrogen and oxygen atoms in total. The number of amides is 1. The minimum Gasteiger partial charge on any atom is -0.497 e. The van der Waals surface area contributed by atoms with E-state index in [1.807, 2.05) is 0 Å². The lowest BCUT2D eigenvalue weighted by Crippen LogP contribution is -2.24. The van der Waals surface area contributed by atoms with Gasteiger partial charge >= 0.3 is 0 Å². The summed E-state index contributed by atoms with van der Waals surface area (Å²) >= 11 is 0. The summed E-state index contributed by atoms with van der Waals surface area (Å²) in [4.78, 5) is 16.1. The Bertz CT molecular complexity index is 911. The molecule has 0 aliphatic heterocycles. The first-order chi connectivity index (χ1) is 13.1. The maximum Gasteiger partial charge on any atom is 0.291 e. The van der Waals surface area contributed by atoms with Crippen molar-refractivity contribution in [3.8, 4) is 5.75 Å². The van der Waals surface area contributed by atoms with E-state index in [1.54, 1.807) is 49.6 Å². The van der Waals surface area contributed by atoms with Crippen molar-refractivity contribution in [1.82, 2.24) is 20.1 Å². The molecule has 0 aliphatic rings. The highest BCUT2D eigenvalue weighted by molar-refractivity contribution is 5.90. The summed E-state index contributed by atoms with van der Waals surface area (Å²) in [5, 5.41) is 16.9. The first kappa shape index (κ1) is 18.5. The van der Waals surface area contributed by atoms with E-state index in [0.29, 0.717) is 16.9 Å². The molecule has 0 bridgehead atoms. The number of carbonyl (C=O) groups excluding carboxylic acids is 1. The van der Waals surface area contributed by atoms with Gasteiger partial charge in [-0.2, -0.15) is 0 Å². The molecule has 1 atom stereocenters. The van der Waals surface area contributed by atoms with Crippen molar-refractivity contribution in [2.24, 2.45) is 0 Å². The quantitative estimate of drug-likeness (QED) is 0.665. The number of aliphatic hydroxyl groups excluding tert-OH is 1. The van der Waals surface area contributed by atoms with Gasteiger partial charge in [-0.25, -0.2) is 14.1 Å². The molecule has 0 saturated carbocycles. The standard InChI is InChI=1S/C19H19FN4O3/c1-27-15-8-6-13(7-9-15)17(25)11-24-12-22-18(23-24)19(26)21-10-14-4-2-3-5-16(14)20/h2-9,12,17,25H,10-11H2,1H3,(H,21,26). The molecule has 3 rings (SSSR count). The van der Waals surface area contributed by atoms with Gasteiger partial charge in [0.15, 0.2) is 0 Å². The van der Waals surface area contributed by atoms with E-state index in [9.17, 15) is 14.3 Å². The summed E-state index contributed by atoms with van der Waals surface area (Å²) in [5.41, 5.74) is 1.07. The smallest absolute Gasteiger partial charge is 0.291 e. The van der Waals surface area contributed by atoms with E-state index in [1.165, 1.54) is 17.1 Å². The second-order valence-electron chi connectivity index (χ2n) is 5.85. The van der Waals surface area contributed by atoms with Gasteiger partial charge in [0.05, 0.1) is 19.8 Å². The highest BCUT2D eigenvalue weighted by Crippen LogP contribution is 2.18. The molecule has 0 saturated heterocycles. The number of nitrogens with zero attached hydrogens (tertiary/aromatic N) is 3. The van der Waals surface area contributed by atoms with Crippen LogP contribution in [0.5, 0.6) is 5.75 Å². The predicted molar refractivity (Wildman–Crippen MR) is 95.5 cm³/mol. The van der Waals surface area contributed by atoms with E-state index >= 15 is 0 Å². The van der Waals surface area contributed by atoms with Gasteiger partial charge in [-0.05, 0) is 23.8 Å². The molecule has 0 fully saturated rings. The van der Waals surface area contributed by atoms with E-state index in [2.05, 4.69) is 15.4 Å². The van der Waals surface area contributed by atoms with E-state index in [0.717, 1.165) is 0 Å². The average Bonchev–Trinajstić information content (AvgIpc) is 3.15. The largest absolute Gasteiger partial charge is 0.497 e. The van der Waals surface area contributed by atoms with Gasteiger partial charge < -0.3 is 15.2 Å². The van der Waals surface area contributed by atoms with Crippen LogP contribution >= 0.6 is 0 Å². The first-order valence-corrected chi connectivity index (χ1v) is 8.30. The van der Waals surface area contributed by atoms with E-state index in [4.69, 9.17) is 4.74 Å². The van der Waals surface area contributed by atoms with Gasteiger partial charge in [0.1, 0.15) is 17.9 Å². The maximum absolute atomic E-state index is 13.6. The summed E-state index contributed by atoms with van der Waals surface area (Å²) in [7, 11) is 1.57. The topological polar surface area (TPSA) is 89.3 Å². The van der Waals surface area contributed by atoms with Crippen molar-refractivity contribution in [2.75, 3.05) is 7.11 Å². The fraction of sp³-hybridized carbons (Fsp3) is 0.211. The molecule has 0 radical (unpaired) electrons. The SMILES string of the molecule is COc1ccc(C(O)Cn2cnc(C(=O)NCc3ccccc3F)n2)cc1. The van der Waals surface area contributed by atoms with Gasteiger partial charge in [0, 0.05) is 12.1 Å². The number of nitrogens with one attached hydrogen (secondary N) is 1. The lowest BCUT2D eigenvalue weighted by Gasteiger charge is -2.11. The highest BCUT2D eigenvalue weighted by Gasteiger charge is 2.14. The third kappa shape index (κ3) is 4.68. The molecule has 8 heteroatoms. The Morgan fingerprint density at radius 2 is 2.00 bits per heavy atom. The van der Waals surface area contributed by atoms with Gasteiger partial charge in [-0.1, -0.05) is 30.3 Å². The molecule has 1 unspecified atom stereocenters. The van der Waals surface area contributed by atoms with Crippen LogP contribution in [0.4, 0.5) is 4.39 Å². The van der Waals surface area contributed by atoms with E-state index < -0.39 is 12.0 Å². The second-order valence-corrected chi connectivity index (χ2v) is 5.85. The van der Waals surface area contributed by atoms with Gasteiger partial charge in [0.2, 0.25) is 5.82 Å². The molecule has 1 aromatic heterocycles. The van der Waals surface area contributed by atoms with E-state index in [-0.39, 0.29) is 24.7 Å². The van der Waals surface area contributed by atoms with Crippen molar-refractivity contribution in [2.45, 2.75) is 19.2 Å². The zero-order valence-corrected chi connectivity index (χ0v) is 14.7. The van der Waals surface area contributed by atoms with Crippen LogP contribution in [0.15, 0.2) is 54.9 Å². The van der Waals surface area contributed by atoms with Crippen molar-refractivity contribution >= 4 is 5.91 Å². The molecular weight excluding hydrogens is 351 g/mol. The van der Waals surface area contributed by atoms with Gasteiger partial charge in [-0.15, -0.1) is 5.10 Å². The number of aliphatic hydroxyl groups is 1. The molecule has 0 aliphatic carbocycles. The summed E-state index contributed by atoms with van der Waals surface area (Å²) in [5.74, 6) is -0.261. The zero-order valence-electron chi connectivity index (χ0n) is 14.7. The van der Waals surface area contributed by atoms with Crippen LogP contribution < -0.4 is 10.1 Å². The summed E-state index contributed by atoms with van der Waals surface area (Å²) in [6.07, 6.45) is 0.553. The summed E-state index contributed by atoms with van der Waals surface area (Å²) < 4.78 is 20.0. The number of halogens is 1. The molecule has 2 N–H and O–H groups in total. The van der Waals surface area contributed by atoms with Crippen LogP contribution in [0.1, 0.15) is 27.8 Å². The van der Waals surface area contributed by atoms with Crippen LogP contribution in [0, 0.1) is 5.82 Å². The number of methoxy groups -OCH3 is 1. The molecule has 140 valence electrons. The molecule has 1 amide bonds. The average molecular weight is 370 g/mol. The Balaban J connectivity index is 1.58. The number of aromatic nitrogens is 3. The Morgan fingerprint density at radius 3 is 2.70 bits per heavy atom. The predicted octanol–water partition coefficient (Wildman–Crippen LogP) is 2.09. The van der Waals surface area contributed by atoms with Crippen molar-refractivity contribution in [3.63, 3.8) is 0 Å². The maximum atomic E-state index is 13.6. The van der Waals surface area contributed by atoms with Crippen LogP contribution in [-0.2, 0) is 13.1 Å². The lowest BCUT2D eigenvalue weighted by atomic mass is 10.1. The minimum absolute atomic E-state index is 0.0362. The molecule has 27 heavy (non-hydrogen) atoms. The third-order valence-corrected chi connectivity index (χ3v) is 4.00. The molecule has 1 heterocycles. The van der Waals surface area contributed by atoms with Crippen LogP contribution in [0.2, 0.25) is 0 Å². The zero-order chi connectivity index (χ0) is 19.2. The first-order valence-electron chi connectivity index (χ1n) is 8.30. The fourth-order valence-electron chi connectivity index (χ4n) is 2.49. The third-order valence-electron chi connectivity index (χ3n) is 4.00. The number of hydrogen-bond donors (Lipinski definition) is 2. The number of benzene rings is 2. The number of hydrogen-bond acceptors (Lipinski definition) is 5. The normalized spacial score (nSPS) is 11.8. The summed E-state index contributed by atoms with van der Waals surface area (Å²) in [6.45, 7) is 0.175. The van der Waals surface area contributed by atoms with Crippen LogP contribution in [0.3, 0.4) is 0 Å². The Kier molecular flexibility index (Phi) is 5.77. The van der Waals surface area contributed by atoms with Crippen molar-refractivity contribution < 1.29 is 19.0 Å². The Morgan fingerprint density at radius 1 is 1.26 bits per heavy atom.